The summed E-state index contributed by atoms with van der Waals surface area (Å²) in [5.41, 5.74) is 6.89. The van der Waals surface area contributed by atoms with Gasteiger partial charge < -0.3 is 10.8 Å². The second kappa shape index (κ2) is 4.38. The second-order valence-corrected chi connectivity index (χ2v) is 4.77. The molecule has 1 atom stereocenters. The van der Waals surface area contributed by atoms with Crippen LogP contribution in [-0.4, -0.2) is 16.7 Å². The fourth-order valence-electron chi connectivity index (χ4n) is 1.96. The van der Waals surface area contributed by atoms with Crippen molar-refractivity contribution in [2.45, 2.75) is 37.6 Å². The van der Waals surface area contributed by atoms with Crippen LogP contribution < -0.4 is 5.73 Å². The molecule has 1 aliphatic rings. The summed E-state index contributed by atoms with van der Waals surface area (Å²) >= 11 is 1.57. The Labute approximate surface area is 88.0 Å². The molecule has 0 saturated heterocycles. The number of nitrogens with two attached hydrogens (primary N) is 1. The van der Waals surface area contributed by atoms with E-state index in [2.05, 4.69) is 10.4 Å². The highest BCUT2D eigenvalue weighted by Gasteiger charge is 2.20. The number of thiazole rings is 1. The molecule has 0 amide bonds. The van der Waals surface area contributed by atoms with Crippen molar-refractivity contribution in [3.8, 4) is 0 Å². The zero-order chi connectivity index (χ0) is 9.97. The third-order valence-electron chi connectivity index (χ3n) is 2.83. The molecular formula is C10H16N2OS. The average molecular weight is 212 g/mol. The summed E-state index contributed by atoms with van der Waals surface area (Å²) in [5.74, 6) is 0.644. The molecule has 3 N–H and O–H groups in total. The molecule has 1 aromatic rings. The van der Waals surface area contributed by atoms with Crippen LogP contribution in [0.2, 0.25) is 0 Å². The summed E-state index contributed by atoms with van der Waals surface area (Å²) in [4.78, 5) is 4.50. The van der Waals surface area contributed by atoms with Crippen LogP contribution in [0.1, 0.15) is 48.3 Å². The molecule has 1 fully saturated rings. The zero-order valence-electron chi connectivity index (χ0n) is 8.15. The van der Waals surface area contributed by atoms with Gasteiger partial charge in [-0.2, -0.15) is 0 Å². The highest BCUT2D eigenvalue weighted by molar-refractivity contribution is 7.09. The number of rotatable bonds is 3. The molecule has 4 heteroatoms. The Hall–Kier alpha value is -0.450. The summed E-state index contributed by atoms with van der Waals surface area (Å²) in [6.07, 6.45) is 5.17. The van der Waals surface area contributed by atoms with Crippen LogP contribution >= 0.6 is 11.3 Å². The molecule has 1 unspecified atom stereocenters. The topological polar surface area (TPSA) is 59.1 Å². The molecule has 0 spiro atoms. The lowest BCUT2D eigenvalue weighted by Crippen LogP contribution is -2.14. The van der Waals surface area contributed by atoms with E-state index in [-0.39, 0.29) is 12.6 Å². The number of aliphatic hydroxyl groups excluding tert-OH is 1. The van der Waals surface area contributed by atoms with E-state index in [0.717, 1.165) is 5.01 Å². The summed E-state index contributed by atoms with van der Waals surface area (Å²) < 4.78 is 0. The van der Waals surface area contributed by atoms with Crippen LogP contribution in [-0.2, 0) is 0 Å². The molecule has 1 aliphatic carbocycles. The quantitative estimate of drug-likeness (QED) is 0.803. The first-order valence-corrected chi connectivity index (χ1v) is 6.01. The van der Waals surface area contributed by atoms with E-state index in [1.807, 2.05) is 0 Å². The molecule has 2 rings (SSSR count). The number of hydrogen-bond donors (Lipinski definition) is 2. The Kier molecular flexibility index (Phi) is 3.15. The van der Waals surface area contributed by atoms with Crippen molar-refractivity contribution in [2.75, 3.05) is 6.61 Å². The number of aromatic nitrogens is 1. The van der Waals surface area contributed by atoms with Gasteiger partial charge >= 0.3 is 0 Å². The van der Waals surface area contributed by atoms with Gasteiger partial charge in [0.1, 0.15) is 5.01 Å². The lowest BCUT2D eigenvalue weighted by atomic mass is 10.1. The molecule has 78 valence electrons. The van der Waals surface area contributed by atoms with Gasteiger partial charge in [0.2, 0.25) is 0 Å². The maximum absolute atomic E-state index is 8.90. The highest BCUT2D eigenvalue weighted by Crippen LogP contribution is 2.34. The van der Waals surface area contributed by atoms with Crippen molar-refractivity contribution < 1.29 is 5.11 Å². The molecule has 14 heavy (non-hydrogen) atoms. The van der Waals surface area contributed by atoms with E-state index >= 15 is 0 Å². The third kappa shape index (κ3) is 1.97. The monoisotopic (exact) mass is 212 g/mol. The summed E-state index contributed by atoms with van der Waals surface area (Å²) in [7, 11) is 0. The largest absolute Gasteiger partial charge is 0.394 e. The SMILES string of the molecule is NC(CO)c1nc(C2CCCC2)cs1. The fraction of sp³-hybridized carbons (Fsp3) is 0.700. The minimum absolute atomic E-state index is 0.0163. The van der Waals surface area contributed by atoms with E-state index in [1.54, 1.807) is 11.3 Å². The Morgan fingerprint density at radius 1 is 1.57 bits per heavy atom. The molecule has 1 heterocycles. The van der Waals surface area contributed by atoms with Crippen LogP contribution in [0.4, 0.5) is 0 Å². The Morgan fingerprint density at radius 2 is 2.29 bits per heavy atom. The molecule has 0 bridgehead atoms. The minimum atomic E-state index is -0.296. The lowest BCUT2D eigenvalue weighted by Gasteiger charge is -2.05. The zero-order valence-corrected chi connectivity index (χ0v) is 8.96. The maximum atomic E-state index is 8.90. The number of aliphatic hydroxyl groups is 1. The first-order chi connectivity index (χ1) is 6.81. The standard InChI is InChI=1S/C10H16N2OS/c11-8(5-13)10-12-9(6-14-10)7-3-1-2-4-7/h6-8,13H,1-5,11H2. The highest BCUT2D eigenvalue weighted by atomic mass is 32.1. The molecule has 1 saturated carbocycles. The first kappa shape index (κ1) is 10.1. The van der Waals surface area contributed by atoms with Gasteiger partial charge in [-0.05, 0) is 12.8 Å². The van der Waals surface area contributed by atoms with Crippen LogP contribution in [0.15, 0.2) is 5.38 Å². The van der Waals surface area contributed by atoms with Crippen LogP contribution in [0, 0.1) is 0 Å². The third-order valence-corrected chi connectivity index (χ3v) is 3.82. The molecule has 3 nitrogen and oxygen atoms in total. The van der Waals surface area contributed by atoms with Crippen LogP contribution in [0.5, 0.6) is 0 Å². The normalized spacial score (nSPS) is 20.1. The predicted molar refractivity (Wildman–Crippen MR) is 57.3 cm³/mol. The van der Waals surface area contributed by atoms with E-state index in [0.29, 0.717) is 5.92 Å². The molecule has 0 aromatic carbocycles. The van der Waals surface area contributed by atoms with E-state index < -0.39 is 0 Å². The molecule has 0 radical (unpaired) electrons. The maximum Gasteiger partial charge on any atom is 0.112 e. The fourth-order valence-corrected chi connectivity index (χ4v) is 2.85. The van der Waals surface area contributed by atoms with Crippen molar-refractivity contribution in [1.82, 2.24) is 4.98 Å². The van der Waals surface area contributed by atoms with Crippen molar-refractivity contribution in [3.05, 3.63) is 16.1 Å². The average Bonchev–Trinajstić information content (AvgIpc) is 2.86. The smallest absolute Gasteiger partial charge is 0.112 e. The minimum Gasteiger partial charge on any atom is -0.394 e. The Morgan fingerprint density at radius 3 is 2.93 bits per heavy atom. The number of nitrogens with zero attached hydrogens (tertiary/aromatic N) is 1. The summed E-state index contributed by atoms with van der Waals surface area (Å²) in [6.45, 7) is -0.0163. The van der Waals surface area contributed by atoms with E-state index in [9.17, 15) is 0 Å². The van der Waals surface area contributed by atoms with Gasteiger partial charge in [-0.25, -0.2) is 4.98 Å². The van der Waals surface area contributed by atoms with E-state index in [1.165, 1.54) is 31.4 Å². The molecule has 0 aliphatic heterocycles. The molecule has 1 aromatic heterocycles. The van der Waals surface area contributed by atoms with Crippen molar-refractivity contribution >= 4 is 11.3 Å². The Balaban J connectivity index is 2.08. The second-order valence-electron chi connectivity index (χ2n) is 3.88. The first-order valence-electron chi connectivity index (χ1n) is 5.13. The summed E-state index contributed by atoms with van der Waals surface area (Å²) in [6, 6.07) is -0.296. The van der Waals surface area contributed by atoms with Gasteiger partial charge in [-0.15, -0.1) is 11.3 Å². The summed E-state index contributed by atoms with van der Waals surface area (Å²) in [5, 5.41) is 11.9. The van der Waals surface area contributed by atoms with Gasteiger partial charge in [0, 0.05) is 11.3 Å². The van der Waals surface area contributed by atoms with Crippen molar-refractivity contribution in [1.29, 1.82) is 0 Å². The van der Waals surface area contributed by atoms with Crippen molar-refractivity contribution in [2.24, 2.45) is 5.73 Å². The Bertz CT molecular complexity index is 294. The molecular weight excluding hydrogens is 196 g/mol. The van der Waals surface area contributed by atoms with Gasteiger partial charge in [0.15, 0.2) is 0 Å². The van der Waals surface area contributed by atoms with Crippen molar-refractivity contribution in [3.63, 3.8) is 0 Å². The lowest BCUT2D eigenvalue weighted by molar-refractivity contribution is 0.267. The predicted octanol–water partition coefficient (Wildman–Crippen LogP) is 1.79. The van der Waals surface area contributed by atoms with Crippen LogP contribution in [0.25, 0.3) is 0 Å². The van der Waals surface area contributed by atoms with Gasteiger partial charge in [-0.1, -0.05) is 12.8 Å². The van der Waals surface area contributed by atoms with Crippen LogP contribution in [0.3, 0.4) is 0 Å². The van der Waals surface area contributed by atoms with Gasteiger partial charge in [0.25, 0.3) is 0 Å². The van der Waals surface area contributed by atoms with Gasteiger partial charge in [0.05, 0.1) is 18.3 Å². The number of hydrogen-bond acceptors (Lipinski definition) is 4. The van der Waals surface area contributed by atoms with E-state index in [4.69, 9.17) is 10.8 Å². The van der Waals surface area contributed by atoms with Gasteiger partial charge in [-0.3, -0.25) is 0 Å².